The van der Waals surface area contributed by atoms with Crippen molar-refractivity contribution in [1.29, 1.82) is 0 Å². The summed E-state index contributed by atoms with van der Waals surface area (Å²) < 4.78 is 2.44. The first-order valence-corrected chi connectivity index (χ1v) is 19.1. The number of hydrogen-bond acceptors (Lipinski definition) is 1. The van der Waals surface area contributed by atoms with Crippen molar-refractivity contribution in [2.75, 3.05) is 4.90 Å². The van der Waals surface area contributed by atoms with Crippen molar-refractivity contribution in [1.82, 2.24) is 4.57 Å². The van der Waals surface area contributed by atoms with Crippen LogP contribution in [0.4, 0.5) is 17.1 Å². The van der Waals surface area contributed by atoms with E-state index >= 15 is 0 Å². The van der Waals surface area contributed by atoms with E-state index in [9.17, 15) is 0 Å². The lowest BCUT2D eigenvalue weighted by Crippen LogP contribution is -2.10. The molecule has 2 aliphatic carbocycles. The van der Waals surface area contributed by atoms with Gasteiger partial charge in [0.15, 0.2) is 0 Å². The van der Waals surface area contributed by atoms with Gasteiger partial charge in [0.05, 0.1) is 5.52 Å². The zero-order chi connectivity index (χ0) is 36.3. The summed E-state index contributed by atoms with van der Waals surface area (Å²) in [5.41, 5.74) is 16.4. The van der Waals surface area contributed by atoms with Crippen LogP contribution in [0.2, 0.25) is 0 Å². The Morgan fingerprint density at radius 2 is 1.36 bits per heavy atom. The Morgan fingerprint density at radius 1 is 0.736 bits per heavy atom. The highest BCUT2D eigenvalue weighted by atomic mass is 15.1. The number of rotatable bonds is 9. The van der Waals surface area contributed by atoms with Crippen molar-refractivity contribution in [3.63, 3.8) is 0 Å². The summed E-state index contributed by atoms with van der Waals surface area (Å²) in [7, 11) is 0. The molecular weight excluding hydrogens is 641 g/mol. The van der Waals surface area contributed by atoms with Gasteiger partial charge in [-0.3, -0.25) is 0 Å². The predicted octanol–water partition coefficient (Wildman–Crippen LogP) is 14.3. The number of para-hydroxylation sites is 1. The molecule has 0 saturated carbocycles. The Morgan fingerprint density at radius 3 is 2.04 bits per heavy atom. The van der Waals surface area contributed by atoms with E-state index in [0.717, 1.165) is 36.3 Å². The number of nitrogens with zero attached hydrogens (tertiary/aromatic N) is 2. The van der Waals surface area contributed by atoms with Gasteiger partial charge in [0.1, 0.15) is 0 Å². The molecule has 2 unspecified atom stereocenters. The number of hydrogen-bond donors (Lipinski definition) is 0. The maximum Gasteiger partial charge on any atom is 0.0537 e. The number of allylic oxidation sites excluding steroid dienone is 9. The number of fused-ring (bicyclic) bond motifs is 3. The maximum atomic E-state index is 2.44. The summed E-state index contributed by atoms with van der Waals surface area (Å²) >= 11 is 0. The third-order valence-electron chi connectivity index (χ3n) is 10.8. The van der Waals surface area contributed by atoms with E-state index in [4.69, 9.17) is 0 Å². The summed E-state index contributed by atoms with van der Waals surface area (Å²) in [6, 6.07) is 46.5. The van der Waals surface area contributed by atoms with Crippen molar-refractivity contribution < 1.29 is 0 Å². The molecule has 0 N–H and O–H groups in total. The minimum Gasteiger partial charge on any atom is -0.311 e. The normalized spacial score (nSPS) is 17.2. The number of anilines is 3. The lowest BCUT2D eigenvalue weighted by molar-refractivity contribution is 0.710. The van der Waals surface area contributed by atoms with Crippen LogP contribution in [0.15, 0.2) is 169 Å². The van der Waals surface area contributed by atoms with Crippen molar-refractivity contribution in [3.05, 3.63) is 192 Å². The first-order chi connectivity index (χ1) is 26.0. The molecule has 0 bridgehead atoms. The molecule has 0 aliphatic heterocycles. The molecule has 0 radical (unpaired) electrons. The van der Waals surface area contributed by atoms with E-state index in [1.165, 1.54) is 61.3 Å². The average Bonchev–Trinajstić information content (AvgIpc) is 3.53. The van der Waals surface area contributed by atoms with Gasteiger partial charge in [-0.2, -0.15) is 0 Å². The van der Waals surface area contributed by atoms with Crippen LogP contribution in [-0.2, 0) is 6.42 Å². The summed E-state index contributed by atoms with van der Waals surface area (Å²) in [4.78, 5) is 2.36. The van der Waals surface area contributed by atoms with Crippen molar-refractivity contribution in [2.24, 2.45) is 5.92 Å². The Labute approximate surface area is 315 Å². The second-order valence-corrected chi connectivity index (χ2v) is 14.8. The summed E-state index contributed by atoms with van der Waals surface area (Å²) in [6.07, 6.45) is 19.3. The first kappa shape index (κ1) is 34.2. The third kappa shape index (κ3) is 7.02. The molecule has 2 nitrogen and oxygen atoms in total. The second kappa shape index (κ2) is 15.0. The number of benzene rings is 5. The molecule has 0 fully saturated rings. The highest BCUT2D eigenvalue weighted by Gasteiger charge is 2.23. The topological polar surface area (TPSA) is 8.17 Å². The van der Waals surface area contributed by atoms with Crippen LogP contribution < -0.4 is 4.90 Å². The monoisotopic (exact) mass is 688 g/mol. The van der Waals surface area contributed by atoms with Gasteiger partial charge in [-0.05, 0) is 133 Å². The highest BCUT2D eigenvalue weighted by Crippen LogP contribution is 2.40. The maximum absolute atomic E-state index is 2.44. The van der Waals surface area contributed by atoms with Gasteiger partial charge in [0.2, 0.25) is 0 Å². The molecule has 0 spiro atoms. The fourth-order valence-corrected chi connectivity index (χ4v) is 8.25. The third-order valence-corrected chi connectivity index (χ3v) is 10.8. The predicted molar refractivity (Wildman–Crippen MR) is 229 cm³/mol. The Balaban J connectivity index is 1.07. The fourth-order valence-electron chi connectivity index (χ4n) is 8.25. The molecule has 6 aromatic rings. The summed E-state index contributed by atoms with van der Waals surface area (Å²) in [5, 5.41) is 1.36. The Bertz CT molecular complexity index is 2380. The SMILES string of the molecule is C/C=C(\C=C/Cc1ccc(N(c2ccc(C3=CC(C)CC(C)=C3)cc2)c2ccc(-c3ccccc3)cc2)cc1)n1c2c(c3ccccc31)C(C)CC=C2. The zero-order valence-corrected chi connectivity index (χ0v) is 31.3. The van der Waals surface area contributed by atoms with Gasteiger partial charge in [-0.1, -0.05) is 135 Å². The van der Waals surface area contributed by atoms with Crippen LogP contribution in [0.25, 0.3) is 39.4 Å². The minimum absolute atomic E-state index is 0.514. The molecule has 53 heavy (non-hydrogen) atoms. The van der Waals surface area contributed by atoms with Crippen LogP contribution in [0.5, 0.6) is 0 Å². The van der Waals surface area contributed by atoms with E-state index < -0.39 is 0 Å². The molecule has 0 saturated heterocycles. The molecule has 262 valence electrons. The van der Waals surface area contributed by atoms with Gasteiger partial charge in [-0.25, -0.2) is 0 Å². The average molecular weight is 689 g/mol. The second-order valence-electron chi connectivity index (χ2n) is 14.8. The lowest BCUT2D eigenvalue weighted by atomic mass is 9.89. The molecule has 1 heterocycles. The van der Waals surface area contributed by atoms with Crippen LogP contribution in [0.1, 0.15) is 68.8 Å². The highest BCUT2D eigenvalue weighted by molar-refractivity contribution is 5.93. The molecule has 8 rings (SSSR count). The molecule has 5 aromatic carbocycles. The fraction of sp³-hybridized carbons (Fsp3) is 0.176. The molecule has 0 amide bonds. The smallest absolute Gasteiger partial charge is 0.0537 e. The van der Waals surface area contributed by atoms with E-state index in [0.29, 0.717) is 11.8 Å². The van der Waals surface area contributed by atoms with Crippen LogP contribution in [0.3, 0.4) is 0 Å². The lowest BCUT2D eigenvalue weighted by Gasteiger charge is -2.26. The Hall–Kier alpha value is -5.86. The molecule has 2 heteroatoms. The first-order valence-electron chi connectivity index (χ1n) is 19.1. The molecule has 2 atom stereocenters. The summed E-state index contributed by atoms with van der Waals surface area (Å²) in [6.45, 7) is 9.03. The van der Waals surface area contributed by atoms with E-state index in [2.05, 4.69) is 207 Å². The van der Waals surface area contributed by atoms with E-state index in [1.807, 2.05) is 0 Å². The zero-order valence-electron chi connectivity index (χ0n) is 31.3. The van der Waals surface area contributed by atoms with Crippen LogP contribution >= 0.6 is 0 Å². The Kier molecular flexibility index (Phi) is 9.70. The van der Waals surface area contributed by atoms with Gasteiger partial charge in [0.25, 0.3) is 0 Å². The molecule has 1 aromatic heterocycles. The van der Waals surface area contributed by atoms with Gasteiger partial charge in [-0.15, -0.1) is 0 Å². The standard InChI is InChI=1S/C51H48N2/c1-5-44(53-49-19-10-9-18-48(49)51-38(4)13-11-20-50(51)53)17-12-14-39-21-27-45(28-22-39)52(46-29-23-41(24-30-46)40-15-7-6-8-16-40)47-31-25-42(26-32-47)43-34-36(2)33-37(3)35-43/h5-12,15-32,34-36,38H,13-14,33H2,1-4H3/b17-12-,44-5+. The van der Waals surface area contributed by atoms with Gasteiger partial charge >= 0.3 is 0 Å². The van der Waals surface area contributed by atoms with Crippen molar-refractivity contribution in [2.45, 2.75) is 52.9 Å². The van der Waals surface area contributed by atoms with Gasteiger partial charge in [0, 0.05) is 33.8 Å². The largest absolute Gasteiger partial charge is 0.311 e. The van der Waals surface area contributed by atoms with E-state index in [-0.39, 0.29) is 0 Å². The van der Waals surface area contributed by atoms with E-state index in [1.54, 1.807) is 0 Å². The number of aromatic nitrogens is 1. The van der Waals surface area contributed by atoms with Crippen molar-refractivity contribution in [3.8, 4) is 11.1 Å². The minimum atomic E-state index is 0.514. The molecular formula is C51H48N2. The molecule has 2 aliphatic rings. The summed E-state index contributed by atoms with van der Waals surface area (Å²) in [5.74, 6) is 1.08. The van der Waals surface area contributed by atoms with Crippen molar-refractivity contribution >= 4 is 45.3 Å². The quantitative estimate of drug-likeness (QED) is 0.137. The van der Waals surface area contributed by atoms with Crippen LogP contribution in [0, 0.1) is 5.92 Å². The van der Waals surface area contributed by atoms with Gasteiger partial charge < -0.3 is 9.47 Å². The van der Waals surface area contributed by atoms with Crippen LogP contribution in [-0.4, -0.2) is 4.57 Å².